The maximum atomic E-state index is 10.8. The third-order valence-electron chi connectivity index (χ3n) is 3.26. The quantitative estimate of drug-likeness (QED) is 0.743. The number of aliphatic carboxylic acids is 1. The van der Waals surface area contributed by atoms with Crippen molar-refractivity contribution in [2.75, 3.05) is 5.75 Å². The third kappa shape index (κ3) is 3.98. The first kappa shape index (κ1) is 16.3. The molecule has 1 aromatic carbocycles. The van der Waals surface area contributed by atoms with Crippen LogP contribution in [0, 0.1) is 6.92 Å². The largest absolute Gasteiger partial charge is 0.481 e. The van der Waals surface area contributed by atoms with Gasteiger partial charge in [0, 0.05) is 26.2 Å². The highest BCUT2D eigenvalue weighted by Gasteiger charge is 2.13. The second kappa shape index (κ2) is 7.27. The Bertz CT molecular complexity index is 673. The summed E-state index contributed by atoms with van der Waals surface area (Å²) in [4.78, 5) is 16.6. The van der Waals surface area contributed by atoms with Crippen molar-refractivity contribution in [2.24, 2.45) is 0 Å². The van der Waals surface area contributed by atoms with Gasteiger partial charge >= 0.3 is 5.97 Å². The first-order valence-corrected chi connectivity index (χ1v) is 8.74. The van der Waals surface area contributed by atoms with Crippen LogP contribution in [0.1, 0.15) is 31.0 Å². The Morgan fingerprint density at radius 1 is 1.43 bits per heavy atom. The van der Waals surface area contributed by atoms with Gasteiger partial charge in [-0.15, -0.1) is 11.8 Å². The average molecular weight is 368 g/mol. The fourth-order valence-corrected chi connectivity index (χ4v) is 3.90. The number of rotatable bonds is 6. The zero-order valence-corrected chi connectivity index (χ0v) is 14.6. The van der Waals surface area contributed by atoms with Crippen LogP contribution in [0.2, 0.25) is 0 Å². The van der Waals surface area contributed by atoms with Gasteiger partial charge in [0.1, 0.15) is 0 Å². The van der Waals surface area contributed by atoms with Crippen molar-refractivity contribution in [3.8, 4) is 0 Å². The molecule has 0 aliphatic carbocycles. The van der Waals surface area contributed by atoms with Gasteiger partial charge in [-0.2, -0.15) is 0 Å². The van der Waals surface area contributed by atoms with Crippen molar-refractivity contribution < 1.29 is 9.90 Å². The normalized spacial score (nSPS) is 11.0. The van der Waals surface area contributed by atoms with E-state index in [1.807, 2.05) is 19.1 Å². The van der Waals surface area contributed by atoms with Gasteiger partial charge in [0.25, 0.3) is 0 Å². The number of nitrogens with zero attached hydrogens (tertiary/aromatic N) is 1. The smallest absolute Gasteiger partial charge is 0.304 e. The van der Waals surface area contributed by atoms with Gasteiger partial charge in [-0.1, -0.05) is 29.3 Å². The van der Waals surface area contributed by atoms with Crippen LogP contribution in [0.4, 0.5) is 0 Å². The molecular weight excluding hydrogens is 350 g/mol. The Kier molecular flexibility index (Phi) is 5.65. The van der Waals surface area contributed by atoms with E-state index < -0.39 is 5.97 Å². The van der Waals surface area contributed by atoms with E-state index in [4.69, 9.17) is 5.11 Å². The molecule has 0 amide bonds. The fraction of sp³-hybridized carbons (Fsp3) is 0.375. The van der Waals surface area contributed by atoms with Crippen LogP contribution in [0.3, 0.4) is 0 Å². The molecule has 0 aliphatic heterocycles. The fourth-order valence-electron chi connectivity index (χ4n) is 2.31. The van der Waals surface area contributed by atoms with Gasteiger partial charge in [0.2, 0.25) is 0 Å². The SMILES string of the molecule is CCCc1c(C)nc2ccc(Br)cc2c1SCCC(=O)O. The number of fused-ring (bicyclic) bond motifs is 1. The second-order valence-corrected chi connectivity index (χ2v) is 6.93. The Morgan fingerprint density at radius 3 is 2.86 bits per heavy atom. The number of thioether (sulfide) groups is 1. The molecule has 21 heavy (non-hydrogen) atoms. The number of benzene rings is 1. The molecule has 112 valence electrons. The molecule has 1 aromatic heterocycles. The first-order valence-electron chi connectivity index (χ1n) is 6.96. The number of hydrogen-bond acceptors (Lipinski definition) is 3. The monoisotopic (exact) mass is 367 g/mol. The number of carboxylic acids is 1. The molecule has 2 aromatic rings. The summed E-state index contributed by atoms with van der Waals surface area (Å²) in [6.07, 6.45) is 2.19. The maximum absolute atomic E-state index is 10.8. The highest BCUT2D eigenvalue weighted by atomic mass is 79.9. The lowest BCUT2D eigenvalue weighted by Gasteiger charge is -2.14. The number of pyridine rings is 1. The molecule has 0 saturated carbocycles. The van der Waals surface area contributed by atoms with Crippen molar-refractivity contribution >= 4 is 44.6 Å². The predicted octanol–water partition coefficient (Wildman–Crippen LogP) is 4.83. The minimum Gasteiger partial charge on any atom is -0.481 e. The lowest BCUT2D eigenvalue weighted by molar-refractivity contribution is -0.136. The van der Waals surface area contributed by atoms with Crippen molar-refractivity contribution in [3.05, 3.63) is 33.9 Å². The number of halogens is 1. The van der Waals surface area contributed by atoms with Crippen molar-refractivity contribution in [1.29, 1.82) is 0 Å². The van der Waals surface area contributed by atoms with Crippen LogP contribution in [0.25, 0.3) is 10.9 Å². The molecule has 3 nitrogen and oxygen atoms in total. The molecule has 0 aliphatic rings. The molecular formula is C16H18BrNO2S. The highest BCUT2D eigenvalue weighted by Crippen LogP contribution is 2.34. The predicted molar refractivity (Wildman–Crippen MR) is 91.2 cm³/mol. The maximum Gasteiger partial charge on any atom is 0.304 e. The van der Waals surface area contributed by atoms with E-state index in [-0.39, 0.29) is 6.42 Å². The van der Waals surface area contributed by atoms with Gasteiger partial charge in [0.05, 0.1) is 11.9 Å². The highest BCUT2D eigenvalue weighted by molar-refractivity contribution is 9.10. The molecule has 0 atom stereocenters. The van der Waals surface area contributed by atoms with Crippen LogP contribution in [0.5, 0.6) is 0 Å². The van der Waals surface area contributed by atoms with E-state index in [1.165, 1.54) is 10.5 Å². The van der Waals surface area contributed by atoms with Gasteiger partial charge in [0.15, 0.2) is 0 Å². The van der Waals surface area contributed by atoms with E-state index in [0.717, 1.165) is 33.9 Å². The van der Waals surface area contributed by atoms with Gasteiger partial charge in [-0.05, 0) is 37.1 Å². The number of hydrogen-bond donors (Lipinski definition) is 1. The van der Waals surface area contributed by atoms with Crippen LogP contribution >= 0.6 is 27.7 Å². The summed E-state index contributed by atoms with van der Waals surface area (Å²) in [5, 5.41) is 9.95. The van der Waals surface area contributed by atoms with E-state index in [2.05, 4.69) is 33.9 Å². The average Bonchev–Trinajstić information content (AvgIpc) is 2.42. The standard InChI is InChI=1S/C16H18BrNO2S/c1-3-4-12-10(2)18-14-6-5-11(17)9-13(14)16(12)21-8-7-15(19)20/h5-6,9H,3-4,7-8H2,1-2H3,(H,19,20). The minimum absolute atomic E-state index is 0.174. The van der Waals surface area contributed by atoms with Crippen LogP contribution in [-0.4, -0.2) is 21.8 Å². The molecule has 1 heterocycles. The molecule has 0 unspecified atom stereocenters. The molecule has 2 rings (SSSR count). The molecule has 1 N–H and O–H groups in total. The van der Waals surface area contributed by atoms with E-state index >= 15 is 0 Å². The summed E-state index contributed by atoms with van der Waals surface area (Å²) < 4.78 is 1.02. The van der Waals surface area contributed by atoms with Crippen molar-refractivity contribution in [1.82, 2.24) is 4.98 Å². The molecule has 0 saturated heterocycles. The Labute approximate surface area is 137 Å². The Balaban J connectivity index is 2.51. The van der Waals surface area contributed by atoms with Crippen LogP contribution < -0.4 is 0 Å². The van der Waals surface area contributed by atoms with Gasteiger partial charge in [-0.3, -0.25) is 9.78 Å². The third-order valence-corrected chi connectivity index (χ3v) is 4.92. The van der Waals surface area contributed by atoms with Crippen LogP contribution in [0.15, 0.2) is 27.6 Å². The Morgan fingerprint density at radius 2 is 2.19 bits per heavy atom. The number of aryl methyl sites for hydroxylation is 1. The van der Waals surface area contributed by atoms with E-state index in [0.29, 0.717) is 5.75 Å². The summed E-state index contributed by atoms with van der Waals surface area (Å²) in [6.45, 7) is 4.18. The topological polar surface area (TPSA) is 50.2 Å². The zero-order valence-electron chi connectivity index (χ0n) is 12.1. The molecule has 5 heteroatoms. The van der Waals surface area contributed by atoms with E-state index in [9.17, 15) is 4.79 Å². The van der Waals surface area contributed by atoms with Crippen molar-refractivity contribution in [2.45, 2.75) is 38.0 Å². The number of carbonyl (C=O) groups is 1. The number of carboxylic acid groups (broad SMARTS) is 1. The lowest BCUT2D eigenvalue weighted by atomic mass is 10.1. The van der Waals surface area contributed by atoms with E-state index in [1.54, 1.807) is 11.8 Å². The molecule has 0 bridgehead atoms. The zero-order chi connectivity index (χ0) is 15.4. The Hall–Kier alpha value is -1.07. The van der Waals surface area contributed by atoms with Gasteiger partial charge < -0.3 is 5.11 Å². The summed E-state index contributed by atoms with van der Waals surface area (Å²) in [6, 6.07) is 6.06. The summed E-state index contributed by atoms with van der Waals surface area (Å²) >= 11 is 5.13. The second-order valence-electron chi connectivity index (χ2n) is 4.91. The summed E-state index contributed by atoms with van der Waals surface area (Å²) in [7, 11) is 0. The summed E-state index contributed by atoms with van der Waals surface area (Å²) in [5.74, 6) is -0.173. The number of aromatic nitrogens is 1. The van der Waals surface area contributed by atoms with Gasteiger partial charge in [-0.25, -0.2) is 0 Å². The summed E-state index contributed by atoms with van der Waals surface area (Å²) in [5.41, 5.74) is 3.26. The first-order chi connectivity index (χ1) is 10.0. The minimum atomic E-state index is -0.754. The molecule has 0 radical (unpaired) electrons. The van der Waals surface area contributed by atoms with Crippen molar-refractivity contribution in [3.63, 3.8) is 0 Å². The molecule has 0 spiro atoms. The lowest BCUT2D eigenvalue weighted by Crippen LogP contribution is -2.00. The van der Waals surface area contributed by atoms with Crippen LogP contribution in [-0.2, 0) is 11.2 Å². The molecule has 0 fully saturated rings.